The molecule has 0 amide bonds. The number of aromatic carboxylic acids is 1. The summed E-state index contributed by atoms with van der Waals surface area (Å²) in [7, 11) is -2.57. The molecular weight excluding hydrogens is 488 g/mol. The molecule has 3 aromatic heterocycles. The molecular formula is C23H24N6O6S. The third-order valence-electron chi connectivity index (χ3n) is 5.36. The van der Waals surface area contributed by atoms with Gasteiger partial charge in [0.25, 0.3) is 15.6 Å². The van der Waals surface area contributed by atoms with Gasteiger partial charge in [-0.2, -0.15) is 5.10 Å². The first-order chi connectivity index (χ1) is 17.2. The molecule has 0 atom stereocenters. The van der Waals surface area contributed by atoms with Gasteiger partial charge in [-0.1, -0.05) is 13.3 Å². The number of pyridine rings is 1. The van der Waals surface area contributed by atoms with Gasteiger partial charge in [0.1, 0.15) is 22.7 Å². The Kier molecular flexibility index (Phi) is 6.75. The van der Waals surface area contributed by atoms with Crippen LogP contribution in [0.1, 0.15) is 36.3 Å². The number of nitrogens with zero attached hydrogens (tertiary/aromatic N) is 4. The van der Waals surface area contributed by atoms with Gasteiger partial charge in [-0.3, -0.25) is 19.2 Å². The van der Waals surface area contributed by atoms with E-state index in [-0.39, 0.29) is 34.1 Å². The van der Waals surface area contributed by atoms with Crippen LogP contribution < -0.4 is 15.0 Å². The number of rotatable bonds is 9. The minimum absolute atomic E-state index is 0.119. The van der Waals surface area contributed by atoms with Gasteiger partial charge >= 0.3 is 5.97 Å². The van der Waals surface area contributed by atoms with Crippen molar-refractivity contribution in [1.29, 1.82) is 0 Å². The van der Waals surface area contributed by atoms with Crippen LogP contribution in [-0.2, 0) is 23.5 Å². The average Bonchev–Trinajstić information content (AvgIpc) is 3.15. The van der Waals surface area contributed by atoms with Gasteiger partial charge in [0.2, 0.25) is 0 Å². The maximum absolute atomic E-state index is 13.2. The summed E-state index contributed by atoms with van der Waals surface area (Å²) in [5.41, 5.74) is 0.774. The number of ether oxygens (including phenoxy) is 1. The van der Waals surface area contributed by atoms with Crippen molar-refractivity contribution in [2.75, 3.05) is 11.3 Å². The average molecular weight is 513 g/mol. The van der Waals surface area contributed by atoms with Crippen molar-refractivity contribution < 1.29 is 23.1 Å². The first kappa shape index (κ1) is 24.9. The first-order valence-corrected chi connectivity index (χ1v) is 12.6. The molecule has 0 bridgehead atoms. The van der Waals surface area contributed by atoms with E-state index in [9.17, 15) is 23.1 Å². The molecule has 4 rings (SSSR count). The second-order valence-corrected chi connectivity index (χ2v) is 9.54. The van der Waals surface area contributed by atoms with E-state index in [1.165, 1.54) is 35.1 Å². The summed E-state index contributed by atoms with van der Waals surface area (Å²) in [6.45, 7) is 4.05. The summed E-state index contributed by atoms with van der Waals surface area (Å²) in [5, 5.41) is 13.8. The number of carboxylic acid groups (broad SMARTS) is 1. The fourth-order valence-corrected chi connectivity index (χ4v) is 4.89. The number of anilines is 1. The van der Waals surface area contributed by atoms with Crippen LogP contribution >= 0.6 is 0 Å². The number of hydrogen-bond donors (Lipinski definition) is 3. The van der Waals surface area contributed by atoms with E-state index in [1.807, 2.05) is 6.92 Å². The van der Waals surface area contributed by atoms with E-state index in [2.05, 4.69) is 24.8 Å². The summed E-state index contributed by atoms with van der Waals surface area (Å²) >= 11 is 0. The monoisotopic (exact) mass is 512 g/mol. The largest absolute Gasteiger partial charge is 0.493 e. The molecule has 3 N–H and O–H groups in total. The zero-order valence-electron chi connectivity index (χ0n) is 19.8. The normalized spacial score (nSPS) is 11.5. The third kappa shape index (κ3) is 4.64. The highest BCUT2D eigenvalue weighted by molar-refractivity contribution is 7.92. The summed E-state index contributed by atoms with van der Waals surface area (Å²) in [6.07, 6.45) is 3.74. The van der Waals surface area contributed by atoms with Crippen LogP contribution in [0.15, 0.2) is 46.3 Å². The van der Waals surface area contributed by atoms with E-state index in [0.29, 0.717) is 28.9 Å². The zero-order valence-corrected chi connectivity index (χ0v) is 20.6. The fraction of sp³-hybridized carbons (Fsp3) is 0.261. The lowest BCUT2D eigenvalue weighted by Crippen LogP contribution is -2.16. The van der Waals surface area contributed by atoms with Crippen molar-refractivity contribution in [2.45, 2.75) is 31.6 Å². The van der Waals surface area contributed by atoms with Crippen LogP contribution in [0.3, 0.4) is 0 Å². The van der Waals surface area contributed by atoms with E-state index in [4.69, 9.17) is 4.74 Å². The van der Waals surface area contributed by atoms with Gasteiger partial charge in [0.05, 0.1) is 28.4 Å². The van der Waals surface area contributed by atoms with Crippen molar-refractivity contribution in [2.24, 2.45) is 7.05 Å². The van der Waals surface area contributed by atoms with Crippen molar-refractivity contribution in [3.8, 4) is 17.1 Å². The minimum atomic E-state index is -4.23. The standard InChI is InChI=1S/C23H24N6O6S/c1-4-6-17-19-20(29(3)27-17)22(30)26-21(25-19)14-11-13(7-8-18(14)35-5-2)36(33,34)28-16-9-10-24-12-15(16)23(31)32/h7-12H,4-6H2,1-3H3,(H,24,28)(H,31,32)(H,25,26,30). The second kappa shape index (κ2) is 9.77. The quantitative estimate of drug-likeness (QED) is 0.305. The Hall–Kier alpha value is -4.26. The predicted octanol–water partition coefficient (Wildman–Crippen LogP) is 2.57. The van der Waals surface area contributed by atoms with Crippen LogP contribution in [0.2, 0.25) is 0 Å². The van der Waals surface area contributed by atoms with Crippen molar-refractivity contribution in [3.63, 3.8) is 0 Å². The van der Waals surface area contributed by atoms with Gasteiger partial charge < -0.3 is 14.8 Å². The van der Waals surface area contributed by atoms with Crippen LogP contribution in [0.4, 0.5) is 5.69 Å². The molecule has 1 aromatic carbocycles. The lowest BCUT2D eigenvalue weighted by atomic mass is 10.1. The summed E-state index contributed by atoms with van der Waals surface area (Å²) in [4.78, 5) is 35.3. The molecule has 188 valence electrons. The number of fused-ring (bicyclic) bond motifs is 1. The third-order valence-corrected chi connectivity index (χ3v) is 6.72. The maximum atomic E-state index is 13.2. The molecule has 36 heavy (non-hydrogen) atoms. The molecule has 4 aromatic rings. The predicted molar refractivity (Wildman–Crippen MR) is 132 cm³/mol. The molecule has 0 aliphatic heterocycles. The lowest BCUT2D eigenvalue weighted by molar-refractivity contribution is 0.0697. The van der Waals surface area contributed by atoms with Gasteiger partial charge in [-0.25, -0.2) is 18.2 Å². The van der Waals surface area contributed by atoms with Crippen LogP contribution in [0.5, 0.6) is 5.75 Å². The van der Waals surface area contributed by atoms with Crippen molar-refractivity contribution in [1.82, 2.24) is 24.7 Å². The number of aromatic amines is 1. The van der Waals surface area contributed by atoms with E-state index in [0.717, 1.165) is 12.6 Å². The topological polar surface area (TPSA) is 169 Å². The number of sulfonamides is 1. The zero-order chi connectivity index (χ0) is 26.0. The van der Waals surface area contributed by atoms with Gasteiger partial charge in [-0.15, -0.1) is 0 Å². The maximum Gasteiger partial charge on any atom is 0.339 e. The Morgan fingerprint density at radius 1 is 1.25 bits per heavy atom. The highest BCUT2D eigenvalue weighted by Crippen LogP contribution is 2.32. The molecule has 3 heterocycles. The number of carboxylic acids is 1. The van der Waals surface area contributed by atoms with Crippen molar-refractivity contribution in [3.05, 3.63) is 58.3 Å². The summed E-state index contributed by atoms with van der Waals surface area (Å²) < 4.78 is 35.8. The summed E-state index contributed by atoms with van der Waals surface area (Å²) in [5.74, 6) is -0.897. The van der Waals surface area contributed by atoms with E-state index < -0.39 is 21.6 Å². The molecule has 0 spiro atoms. The van der Waals surface area contributed by atoms with Gasteiger partial charge in [0.15, 0.2) is 5.52 Å². The molecule has 0 radical (unpaired) electrons. The second-order valence-electron chi connectivity index (χ2n) is 7.85. The number of aryl methyl sites for hydroxylation is 2. The van der Waals surface area contributed by atoms with Crippen LogP contribution in [0.25, 0.3) is 22.4 Å². The van der Waals surface area contributed by atoms with Gasteiger partial charge in [0, 0.05) is 19.4 Å². The first-order valence-electron chi connectivity index (χ1n) is 11.1. The Labute approximate surface area is 206 Å². The molecule has 0 saturated carbocycles. The highest BCUT2D eigenvalue weighted by Gasteiger charge is 2.23. The van der Waals surface area contributed by atoms with Gasteiger partial charge in [-0.05, 0) is 37.6 Å². The van der Waals surface area contributed by atoms with E-state index in [1.54, 1.807) is 14.0 Å². The number of hydrogen-bond acceptors (Lipinski definition) is 8. The Morgan fingerprint density at radius 2 is 2.03 bits per heavy atom. The Morgan fingerprint density at radius 3 is 2.72 bits per heavy atom. The molecule has 0 saturated heterocycles. The van der Waals surface area contributed by atoms with E-state index >= 15 is 0 Å². The molecule has 0 aliphatic carbocycles. The lowest BCUT2D eigenvalue weighted by Gasteiger charge is -2.14. The molecule has 13 heteroatoms. The highest BCUT2D eigenvalue weighted by atomic mass is 32.2. The molecule has 0 aliphatic rings. The Balaban J connectivity index is 1.86. The fourth-order valence-electron chi connectivity index (χ4n) is 3.78. The number of benzene rings is 1. The summed E-state index contributed by atoms with van der Waals surface area (Å²) in [6, 6.07) is 5.34. The number of aromatic nitrogens is 5. The Bertz CT molecular complexity index is 1630. The molecule has 0 unspecified atom stereocenters. The number of nitrogens with one attached hydrogen (secondary N) is 2. The SMILES string of the molecule is CCCc1nn(C)c2c(=O)[nH]c(-c3cc(S(=O)(=O)Nc4ccncc4C(=O)O)ccc3OCC)nc12. The molecule has 0 fully saturated rings. The molecule has 12 nitrogen and oxygen atoms in total. The van der Waals surface area contributed by atoms with Crippen LogP contribution in [0, 0.1) is 0 Å². The van der Waals surface area contributed by atoms with Crippen molar-refractivity contribution >= 4 is 32.7 Å². The van der Waals surface area contributed by atoms with Crippen LogP contribution in [-0.4, -0.2) is 50.8 Å². The number of carbonyl (C=O) groups is 1. The number of H-pyrrole nitrogens is 1. The minimum Gasteiger partial charge on any atom is -0.493 e. The smallest absolute Gasteiger partial charge is 0.339 e.